The molecule has 7 nitrogen and oxygen atoms in total. The first-order chi connectivity index (χ1) is 9.49. The van der Waals surface area contributed by atoms with E-state index in [0.717, 1.165) is 19.3 Å². The lowest BCUT2D eigenvalue weighted by atomic mass is 10.1. The number of aromatic carboxylic acids is 1. The summed E-state index contributed by atoms with van der Waals surface area (Å²) in [6.45, 7) is 0.526. The Morgan fingerprint density at radius 3 is 2.75 bits per heavy atom. The molecule has 1 fully saturated rings. The van der Waals surface area contributed by atoms with Gasteiger partial charge >= 0.3 is 5.97 Å². The zero-order valence-corrected chi connectivity index (χ0v) is 10.8. The van der Waals surface area contributed by atoms with Gasteiger partial charge in [0.15, 0.2) is 0 Å². The highest BCUT2D eigenvalue weighted by molar-refractivity contribution is 5.93. The first-order valence-corrected chi connectivity index (χ1v) is 6.42. The van der Waals surface area contributed by atoms with Crippen LogP contribution in [0.5, 0.6) is 0 Å². The normalized spacial score (nSPS) is 21.6. The first-order valence-electron chi connectivity index (χ1n) is 6.42. The molecule has 0 heterocycles. The van der Waals surface area contributed by atoms with Crippen molar-refractivity contribution in [2.24, 2.45) is 5.92 Å². The van der Waals surface area contributed by atoms with Crippen molar-refractivity contribution in [3.8, 4) is 0 Å². The summed E-state index contributed by atoms with van der Waals surface area (Å²) in [5.74, 6) is -1.19. The predicted octanol–water partition coefficient (Wildman–Crippen LogP) is 1.87. The van der Waals surface area contributed by atoms with E-state index in [9.17, 15) is 20.0 Å². The number of carboxylic acid groups (broad SMARTS) is 1. The lowest BCUT2D eigenvalue weighted by Gasteiger charge is -2.16. The molecule has 0 saturated heterocycles. The highest BCUT2D eigenvalue weighted by Gasteiger charge is 2.25. The van der Waals surface area contributed by atoms with Crippen molar-refractivity contribution in [1.29, 1.82) is 0 Å². The molecular formula is C13H16N2O5. The van der Waals surface area contributed by atoms with Gasteiger partial charge in [-0.2, -0.15) is 0 Å². The van der Waals surface area contributed by atoms with Gasteiger partial charge < -0.3 is 15.5 Å². The predicted molar refractivity (Wildman–Crippen MR) is 71.9 cm³/mol. The summed E-state index contributed by atoms with van der Waals surface area (Å²) in [5.41, 5.74) is -0.261. The van der Waals surface area contributed by atoms with E-state index in [2.05, 4.69) is 5.32 Å². The number of carbonyl (C=O) groups is 1. The molecule has 3 N–H and O–H groups in total. The molecule has 1 aromatic rings. The number of aliphatic hydroxyl groups excluding tert-OH is 1. The molecular weight excluding hydrogens is 264 g/mol. The molecule has 108 valence electrons. The number of rotatable bonds is 5. The fraction of sp³-hybridized carbons (Fsp3) is 0.462. The number of nitro groups is 1. The second-order valence-electron chi connectivity index (χ2n) is 4.93. The Balaban J connectivity index is 2.11. The minimum absolute atomic E-state index is 0.137. The standard InChI is InChI=1S/C13H16N2O5/c16-12-3-1-2-8(12)7-14-9-4-5-11(15(19)20)10(6-9)13(17)18/h4-6,8,12,14,16H,1-3,7H2,(H,17,18). The molecule has 7 heteroatoms. The average Bonchev–Trinajstić information content (AvgIpc) is 2.81. The Morgan fingerprint density at radius 2 is 2.20 bits per heavy atom. The Bertz CT molecular complexity index is 531. The summed E-state index contributed by atoms with van der Waals surface area (Å²) in [5, 5.41) is 32.5. The number of carboxylic acids is 1. The zero-order chi connectivity index (χ0) is 14.7. The Hall–Kier alpha value is -2.15. The third kappa shape index (κ3) is 3.05. The molecule has 0 radical (unpaired) electrons. The molecule has 1 aliphatic rings. The van der Waals surface area contributed by atoms with Gasteiger partial charge in [0.1, 0.15) is 5.56 Å². The fourth-order valence-corrected chi connectivity index (χ4v) is 2.48. The lowest BCUT2D eigenvalue weighted by molar-refractivity contribution is -0.385. The van der Waals surface area contributed by atoms with E-state index in [0.29, 0.717) is 12.2 Å². The summed E-state index contributed by atoms with van der Waals surface area (Å²) < 4.78 is 0. The van der Waals surface area contributed by atoms with Gasteiger partial charge in [-0.25, -0.2) is 4.79 Å². The van der Waals surface area contributed by atoms with Gasteiger partial charge in [-0.1, -0.05) is 6.42 Å². The van der Waals surface area contributed by atoms with Crippen LogP contribution < -0.4 is 5.32 Å². The molecule has 1 aliphatic carbocycles. The first kappa shape index (κ1) is 14.3. The number of benzene rings is 1. The number of nitrogens with one attached hydrogen (secondary N) is 1. The zero-order valence-electron chi connectivity index (χ0n) is 10.8. The SMILES string of the molecule is O=C(O)c1cc(NCC2CCCC2O)ccc1[N+](=O)[O-]. The van der Waals surface area contributed by atoms with Crippen LogP contribution in [0.25, 0.3) is 0 Å². The topological polar surface area (TPSA) is 113 Å². The molecule has 0 aromatic heterocycles. The molecule has 20 heavy (non-hydrogen) atoms. The quantitative estimate of drug-likeness (QED) is 0.560. The number of hydrogen-bond donors (Lipinski definition) is 3. The van der Waals surface area contributed by atoms with Gasteiger partial charge in [0.25, 0.3) is 5.69 Å². The summed E-state index contributed by atoms with van der Waals surface area (Å²) in [7, 11) is 0. The molecule has 1 saturated carbocycles. The van der Waals surface area contributed by atoms with Gasteiger partial charge in [-0.15, -0.1) is 0 Å². The second-order valence-corrected chi connectivity index (χ2v) is 4.93. The maximum absolute atomic E-state index is 11.0. The lowest BCUT2D eigenvalue weighted by Crippen LogP contribution is -2.22. The minimum Gasteiger partial charge on any atom is -0.477 e. The summed E-state index contributed by atoms with van der Waals surface area (Å²) in [6, 6.07) is 3.91. The van der Waals surface area contributed by atoms with Crippen LogP contribution in [0, 0.1) is 16.0 Å². The van der Waals surface area contributed by atoms with Crippen molar-refractivity contribution in [1.82, 2.24) is 0 Å². The largest absolute Gasteiger partial charge is 0.477 e. The van der Waals surface area contributed by atoms with Crippen molar-refractivity contribution in [3.05, 3.63) is 33.9 Å². The van der Waals surface area contributed by atoms with Crippen molar-refractivity contribution >= 4 is 17.3 Å². The third-order valence-electron chi connectivity index (χ3n) is 3.61. The highest BCUT2D eigenvalue weighted by Crippen LogP contribution is 2.27. The van der Waals surface area contributed by atoms with E-state index in [1.807, 2.05) is 0 Å². The number of anilines is 1. The van der Waals surface area contributed by atoms with Crippen LogP contribution in [-0.4, -0.2) is 33.8 Å². The Kier molecular flexibility index (Phi) is 4.19. The summed E-state index contributed by atoms with van der Waals surface area (Å²) in [4.78, 5) is 21.0. The van der Waals surface area contributed by atoms with E-state index in [1.54, 1.807) is 0 Å². The molecule has 0 bridgehead atoms. The summed E-state index contributed by atoms with van der Waals surface area (Å²) in [6.07, 6.45) is 2.35. The molecule has 0 amide bonds. The van der Waals surface area contributed by atoms with E-state index in [1.165, 1.54) is 18.2 Å². The monoisotopic (exact) mass is 280 g/mol. The number of aliphatic hydroxyl groups is 1. The molecule has 2 atom stereocenters. The van der Waals surface area contributed by atoms with Gasteiger partial charge in [-0.05, 0) is 25.0 Å². The Morgan fingerprint density at radius 1 is 1.45 bits per heavy atom. The van der Waals surface area contributed by atoms with Crippen molar-refractivity contribution in [3.63, 3.8) is 0 Å². The van der Waals surface area contributed by atoms with Crippen molar-refractivity contribution in [2.75, 3.05) is 11.9 Å². The minimum atomic E-state index is -1.33. The van der Waals surface area contributed by atoms with Gasteiger partial charge in [0.05, 0.1) is 11.0 Å². The van der Waals surface area contributed by atoms with Crippen LogP contribution in [0.1, 0.15) is 29.6 Å². The van der Waals surface area contributed by atoms with Gasteiger partial charge in [-0.3, -0.25) is 10.1 Å². The van der Waals surface area contributed by atoms with Gasteiger partial charge in [0.2, 0.25) is 0 Å². The maximum Gasteiger partial charge on any atom is 0.342 e. The van der Waals surface area contributed by atoms with Crippen LogP contribution in [0.4, 0.5) is 11.4 Å². The van der Waals surface area contributed by atoms with Crippen LogP contribution in [0.15, 0.2) is 18.2 Å². The van der Waals surface area contributed by atoms with Crippen LogP contribution in [0.2, 0.25) is 0 Å². The second kappa shape index (κ2) is 5.87. The van der Waals surface area contributed by atoms with Crippen molar-refractivity contribution in [2.45, 2.75) is 25.4 Å². The van der Waals surface area contributed by atoms with E-state index in [4.69, 9.17) is 5.11 Å². The highest BCUT2D eigenvalue weighted by atomic mass is 16.6. The fourth-order valence-electron chi connectivity index (χ4n) is 2.48. The van der Waals surface area contributed by atoms with E-state index in [-0.39, 0.29) is 17.6 Å². The smallest absolute Gasteiger partial charge is 0.342 e. The summed E-state index contributed by atoms with van der Waals surface area (Å²) >= 11 is 0. The van der Waals surface area contributed by atoms with Crippen molar-refractivity contribution < 1.29 is 19.9 Å². The van der Waals surface area contributed by atoms with Crippen LogP contribution in [-0.2, 0) is 0 Å². The van der Waals surface area contributed by atoms with E-state index >= 15 is 0 Å². The molecule has 2 unspecified atom stereocenters. The third-order valence-corrected chi connectivity index (χ3v) is 3.61. The molecule has 0 aliphatic heterocycles. The van der Waals surface area contributed by atoms with Gasteiger partial charge in [0, 0.05) is 24.2 Å². The molecule has 1 aromatic carbocycles. The maximum atomic E-state index is 11.0. The molecule has 0 spiro atoms. The number of hydrogen-bond acceptors (Lipinski definition) is 5. The average molecular weight is 280 g/mol. The number of nitrogens with zero attached hydrogens (tertiary/aromatic N) is 1. The van der Waals surface area contributed by atoms with Crippen LogP contribution in [0.3, 0.4) is 0 Å². The Labute approximate surface area is 115 Å². The van der Waals surface area contributed by atoms with Crippen LogP contribution >= 0.6 is 0 Å². The van der Waals surface area contributed by atoms with E-state index < -0.39 is 16.6 Å². The number of nitro benzene ring substituents is 1. The molecule has 2 rings (SSSR count).